The van der Waals surface area contributed by atoms with Crippen LogP contribution in [0.2, 0.25) is 5.02 Å². The van der Waals surface area contributed by atoms with Gasteiger partial charge in [0.25, 0.3) is 0 Å². The van der Waals surface area contributed by atoms with Crippen molar-refractivity contribution >= 4 is 34.5 Å². The summed E-state index contributed by atoms with van der Waals surface area (Å²) in [5.74, 6) is 0.524. The average molecular weight is 457 g/mol. The maximum Gasteiger partial charge on any atom is 0.244 e. The van der Waals surface area contributed by atoms with Crippen LogP contribution in [0, 0.1) is 0 Å². The summed E-state index contributed by atoms with van der Waals surface area (Å²) in [5, 5.41) is 6.98. The number of amides is 1. The van der Waals surface area contributed by atoms with E-state index in [-0.39, 0.29) is 12.3 Å². The molecule has 5 heteroatoms. The molecule has 0 aliphatic carbocycles. The summed E-state index contributed by atoms with van der Waals surface area (Å²) in [6.45, 7) is 2.51. The molecule has 0 aliphatic heterocycles. The molecule has 4 aromatic carbocycles. The van der Waals surface area contributed by atoms with E-state index in [1.807, 2.05) is 84.9 Å². The van der Waals surface area contributed by atoms with Gasteiger partial charge in [0.2, 0.25) is 5.91 Å². The van der Waals surface area contributed by atoms with E-state index in [1.54, 1.807) is 6.21 Å². The van der Waals surface area contributed by atoms with Crippen LogP contribution in [0.4, 0.5) is 0 Å². The van der Waals surface area contributed by atoms with E-state index < -0.39 is 0 Å². The Kier molecular flexibility index (Phi) is 7.38. The third-order valence-electron chi connectivity index (χ3n) is 5.42. The Morgan fingerprint density at radius 3 is 2.36 bits per heavy atom. The molecule has 0 fully saturated rings. The number of carbonyl (C=O) groups is 1. The molecule has 4 rings (SSSR count). The van der Waals surface area contributed by atoms with Crippen LogP contribution in [0.15, 0.2) is 90.0 Å². The lowest BCUT2D eigenvalue weighted by Crippen LogP contribution is -2.19. The molecular weight excluding hydrogens is 432 g/mol. The minimum atomic E-state index is -0.167. The van der Waals surface area contributed by atoms with Crippen molar-refractivity contribution in [3.05, 3.63) is 112 Å². The largest absolute Gasteiger partial charge is 0.488 e. The number of nitrogens with one attached hydrogen (secondary N) is 1. The first-order valence-electron chi connectivity index (χ1n) is 10.9. The van der Waals surface area contributed by atoms with Crippen molar-refractivity contribution in [2.75, 3.05) is 0 Å². The van der Waals surface area contributed by atoms with Crippen LogP contribution in [0.1, 0.15) is 29.2 Å². The maximum absolute atomic E-state index is 12.4. The second-order valence-electron chi connectivity index (χ2n) is 7.75. The molecule has 0 heterocycles. The maximum atomic E-state index is 12.4. The van der Waals surface area contributed by atoms with Gasteiger partial charge in [-0.15, -0.1) is 0 Å². The van der Waals surface area contributed by atoms with Gasteiger partial charge in [0.15, 0.2) is 0 Å². The van der Waals surface area contributed by atoms with E-state index in [9.17, 15) is 4.79 Å². The minimum Gasteiger partial charge on any atom is -0.488 e. The normalized spacial score (nSPS) is 11.1. The molecule has 166 valence electrons. The van der Waals surface area contributed by atoms with Gasteiger partial charge in [0.1, 0.15) is 12.4 Å². The number of hydrazone groups is 1. The van der Waals surface area contributed by atoms with Crippen LogP contribution in [-0.2, 0) is 24.2 Å². The molecule has 0 aromatic heterocycles. The number of rotatable bonds is 8. The Balaban J connectivity index is 1.49. The predicted molar refractivity (Wildman–Crippen MR) is 135 cm³/mol. The van der Waals surface area contributed by atoms with Crippen molar-refractivity contribution in [1.82, 2.24) is 5.43 Å². The Bertz CT molecular complexity index is 1270. The van der Waals surface area contributed by atoms with Crippen molar-refractivity contribution in [1.29, 1.82) is 0 Å². The van der Waals surface area contributed by atoms with Gasteiger partial charge in [-0.1, -0.05) is 85.3 Å². The highest BCUT2D eigenvalue weighted by molar-refractivity contribution is 6.30. The first-order chi connectivity index (χ1) is 16.1. The Hall–Kier alpha value is -3.63. The Labute approximate surface area is 198 Å². The topological polar surface area (TPSA) is 50.7 Å². The van der Waals surface area contributed by atoms with E-state index >= 15 is 0 Å². The second kappa shape index (κ2) is 10.8. The van der Waals surface area contributed by atoms with Crippen LogP contribution in [0.25, 0.3) is 10.8 Å². The molecule has 0 saturated carbocycles. The molecule has 0 spiro atoms. The van der Waals surface area contributed by atoms with Crippen LogP contribution in [0.5, 0.6) is 5.75 Å². The zero-order chi connectivity index (χ0) is 23.0. The SMILES string of the molecule is CCc1ccc(CC(=O)N/N=C\c2c(OCc3ccc(Cl)cc3)ccc3ccccc23)cc1. The monoisotopic (exact) mass is 456 g/mol. The number of hydrogen-bond acceptors (Lipinski definition) is 3. The first kappa shape index (κ1) is 22.6. The summed E-state index contributed by atoms with van der Waals surface area (Å²) in [6, 6.07) is 27.6. The van der Waals surface area contributed by atoms with Crippen LogP contribution in [0.3, 0.4) is 0 Å². The Morgan fingerprint density at radius 1 is 0.909 bits per heavy atom. The van der Waals surface area contributed by atoms with Crippen LogP contribution < -0.4 is 10.2 Å². The highest BCUT2D eigenvalue weighted by atomic mass is 35.5. The number of nitrogens with zero attached hydrogens (tertiary/aromatic N) is 1. The fourth-order valence-corrected chi connectivity index (χ4v) is 3.69. The molecule has 0 unspecified atom stereocenters. The summed E-state index contributed by atoms with van der Waals surface area (Å²) in [4.78, 5) is 12.4. The molecule has 4 nitrogen and oxygen atoms in total. The van der Waals surface area contributed by atoms with Gasteiger partial charge in [-0.05, 0) is 52.1 Å². The lowest BCUT2D eigenvalue weighted by atomic mass is 10.0. The van der Waals surface area contributed by atoms with Crippen molar-refractivity contribution in [2.24, 2.45) is 5.10 Å². The fraction of sp³-hybridized carbons (Fsp3) is 0.143. The molecule has 0 atom stereocenters. The lowest BCUT2D eigenvalue weighted by molar-refractivity contribution is -0.120. The molecular formula is C28H25ClN2O2. The van der Waals surface area contributed by atoms with Crippen molar-refractivity contribution in [2.45, 2.75) is 26.4 Å². The standard InChI is InChI=1S/C28H25ClN2O2/c1-2-20-7-9-21(10-8-20)17-28(32)31-30-18-26-25-6-4-3-5-23(25)13-16-27(26)33-19-22-11-14-24(29)15-12-22/h3-16,18H,2,17,19H2,1H3,(H,31,32)/b30-18-. The van der Waals surface area contributed by atoms with Crippen LogP contribution >= 0.6 is 11.6 Å². The predicted octanol–water partition coefficient (Wildman–Crippen LogP) is 6.33. The summed E-state index contributed by atoms with van der Waals surface area (Å²) in [7, 11) is 0. The first-order valence-corrected chi connectivity index (χ1v) is 11.3. The number of fused-ring (bicyclic) bond motifs is 1. The number of ether oxygens (including phenoxy) is 1. The van der Waals surface area contributed by atoms with E-state index in [2.05, 4.69) is 17.5 Å². The number of aryl methyl sites for hydroxylation is 1. The number of carbonyl (C=O) groups excluding carboxylic acids is 1. The molecule has 1 N–H and O–H groups in total. The van der Waals surface area contributed by atoms with Crippen LogP contribution in [-0.4, -0.2) is 12.1 Å². The zero-order valence-corrected chi connectivity index (χ0v) is 19.2. The van der Waals surface area contributed by atoms with E-state index in [0.717, 1.165) is 33.9 Å². The molecule has 0 aliphatic rings. The van der Waals surface area contributed by atoms with Gasteiger partial charge in [-0.2, -0.15) is 5.10 Å². The lowest BCUT2D eigenvalue weighted by Gasteiger charge is -2.12. The minimum absolute atomic E-state index is 0.167. The fourth-order valence-electron chi connectivity index (χ4n) is 3.56. The summed E-state index contributed by atoms with van der Waals surface area (Å²) in [6.07, 6.45) is 2.90. The summed E-state index contributed by atoms with van der Waals surface area (Å²) >= 11 is 5.97. The molecule has 0 radical (unpaired) electrons. The van der Waals surface area contributed by atoms with Crippen molar-refractivity contribution in [3.63, 3.8) is 0 Å². The summed E-state index contributed by atoms with van der Waals surface area (Å²) < 4.78 is 6.10. The molecule has 1 amide bonds. The van der Waals surface area contributed by atoms with Gasteiger partial charge in [0, 0.05) is 10.6 Å². The van der Waals surface area contributed by atoms with Gasteiger partial charge >= 0.3 is 0 Å². The van der Waals surface area contributed by atoms with E-state index in [0.29, 0.717) is 17.4 Å². The third-order valence-corrected chi connectivity index (χ3v) is 5.67. The van der Waals surface area contributed by atoms with Crippen molar-refractivity contribution in [3.8, 4) is 5.75 Å². The van der Waals surface area contributed by atoms with Gasteiger partial charge in [-0.3, -0.25) is 4.79 Å². The highest BCUT2D eigenvalue weighted by Gasteiger charge is 2.09. The average Bonchev–Trinajstić information content (AvgIpc) is 2.84. The molecule has 33 heavy (non-hydrogen) atoms. The quantitative estimate of drug-likeness (QED) is 0.249. The summed E-state index contributed by atoms with van der Waals surface area (Å²) in [5.41, 5.74) is 6.67. The molecule has 4 aromatic rings. The van der Waals surface area contributed by atoms with Gasteiger partial charge < -0.3 is 4.74 Å². The van der Waals surface area contributed by atoms with E-state index in [1.165, 1.54) is 5.56 Å². The van der Waals surface area contributed by atoms with E-state index in [4.69, 9.17) is 16.3 Å². The Morgan fingerprint density at radius 2 is 1.61 bits per heavy atom. The number of hydrogen-bond donors (Lipinski definition) is 1. The second-order valence-corrected chi connectivity index (χ2v) is 8.19. The van der Waals surface area contributed by atoms with Crippen molar-refractivity contribution < 1.29 is 9.53 Å². The zero-order valence-electron chi connectivity index (χ0n) is 18.4. The molecule has 0 saturated heterocycles. The van der Waals surface area contributed by atoms with Gasteiger partial charge in [0.05, 0.1) is 12.6 Å². The number of benzene rings is 4. The third kappa shape index (κ3) is 5.99. The van der Waals surface area contributed by atoms with Gasteiger partial charge in [-0.25, -0.2) is 5.43 Å². The highest BCUT2D eigenvalue weighted by Crippen LogP contribution is 2.27. The molecule has 0 bridgehead atoms. The number of halogens is 1. The smallest absolute Gasteiger partial charge is 0.244 e.